The molecule has 0 atom stereocenters. The van der Waals surface area contributed by atoms with E-state index in [2.05, 4.69) is 21.7 Å². The van der Waals surface area contributed by atoms with Gasteiger partial charge in [-0.1, -0.05) is 18.7 Å². The van der Waals surface area contributed by atoms with Crippen molar-refractivity contribution in [2.45, 2.75) is 31.1 Å². The second-order valence-electron chi connectivity index (χ2n) is 7.59. The number of fused-ring (bicyclic) bond motifs is 1. The summed E-state index contributed by atoms with van der Waals surface area (Å²) in [5, 5.41) is 4.24. The van der Waals surface area contributed by atoms with Gasteiger partial charge in [0.1, 0.15) is 23.7 Å². The van der Waals surface area contributed by atoms with E-state index in [1.807, 2.05) is 7.05 Å². The Hall–Kier alpha value is -3.56. The summed E-state index contributed by atoms with van der Waals surface area (Å²) in [5.74, 6) is -0.315. The fourth-order valence-electron chi connectivity index (χ4n) is 3.93. The van der Waals surface area contributed by atoms with E-state index in [1.165, 1.54) is 28.9 Å². The Bertz CT molecular complexity index is 1220. The highest BCUT2D eigenvalue weighted by molar-refractivity contribution is 5.83. The van der Waals surface area contributed by atoms with Gasteiger partial charge in [-0.05, 0) is 17.7 Å². The van der Waals surface area contributed by atoms with Gasteiger partial charge in [0.2, 0.25) is 5.89 Å². The number of imidazole rings is 1. The number of aryl methyl sites for hydroxylation is 1. The summed E-state index contributed by atoms with van der Waals surface area (Å²) in [6, 6.07) is 4.88. The molecule has 154 valence electrons. The summed E-state index contributed by atoms with van der Waals surface area (Å²) >= 11 is 0. The first-order valence-corrected chi connectivity index (χ1v) is 9.39. The quantitative estimate of drug-likeness (QED) is 0.658. The van der Waals surface area contributed by atoms with Gasteiger partial charge in [-0.2, -0.15) is 4.68 Å². The average Bonchev–Trinajstić information content (AvgIpc) is 3.25. The summed E-state index contributed by atoms with van der Waals surface area (Å²) in [4.78, 5) is 22.4. The van der Waals surface area contributed by atoms with Crippen LogP contribution in [0.2, 0.25) is 0 Å². The molecule has 1 saturated carbocycles. The molecular formula is C20H18F2N6O2. The highest BCUT2D eigenvalue weighted by Crippen LogP contribution is 2.50. The first-order valence-electron chi connectivity index (χ1n) is 9.39. The third-order valence-corrected chi connectivity index (χ3v) is 5.60. The van der Waals surface area contributed by atoms with E-state index in [4.69, 9.17) is 4.42 Å². The highest BCUT2D eigenvalue weighted by atomic mass is 19.1. The predicted molar refractivity (Wildman–Crippen MR) is 104 cm³/mol. The Morgan fingerprint density at radius 3 is 2.77 bits per heavy atom. The minimum Gasteiger partial charge on any atom is -0.390 e. The van der Waals surface area contributed by atoms with Crippen molar-refractivity contribution in [1.29, 1.82) is 0 Å². The Morgan fingerprint density at radius 1 is 1.30 bits per heavy atom. The standard InChI is InChI=1S/C20H18F2N6O2/c1-12-17-18(23-10-26(17)2)24-11-27(12)9-16-25-28(19(29)30-16)15-7-20(22,8-15)13-3-5-14(21)6-4-13/h3-6,10-11,15H,1,7-9H2,2H3. The van der Waals surface area contributed by atoms with E-state index in [-0.39, 0.29) is 25.3 Å². The number of benzene rings is 1. The molecule has 1 aromatic carbocycles. The van der Waals surface area contributed by atoms with E-state index < -0.39 is 23.3 Å². The van der Waals surface area contributed by atoms with Crippen LogP contribution in [0.5, 0.6) is 0 Å². The van der Waals surface area contributed by atoms with Crippen molar-refractivity contribution < 1.29 is 13.2 Å². The van der Waals surface area contributed by atoms with Crippen molar-refractivity contribution in [2.75, 3.05) is 0 Å². The van der Waals surface area contributed by atoms with Crippen molar-refractivity contribution in [1.82, 2.24) is 24.2 Å². The largest absolute Gasteiger partial charge is 0.437 e. The van der Waals surface area contributed by atoms with E-state index in [0.29, 0.717) is 17.1 Å². The van der Waals surface area contributed by atoms with Crippen LogP contribution in [0.3, 0.4) is 0 Å². The Balaban J connectivity index is 1.31. The van der Waals surface area contributed by atoms with Gasteiger partial charge >= 0.3 is 5.76 Å². The molecule has 0 spiro atoms. The number of hydrogen-bond acceptors (Lipinski definition) is 6. The lowest BCUT2D eigenvalue weighted by Crippen LogP contribution is -2.41. The number of alkyl halides is 1. The van der Waals surface area contributed by atoms with Gasteiger partial charge in [0, 0.05) is 19.9 Å². The van der Waals surface area contributed by atoms with Gasteiger partial charge in [-0.25, -0.2) is 23.6 Å². The summed E-state index contributed by atoms with van der Waals surface area (Å²) in [7, 11) is 1.84. The molecule has 0 amide bonds. The summed E-state index contributed by atoms with van der Waals surface area (Å²) in [5.41, 5.74) is 0.199. The van der Waals surface area contributed by atoms with Gasteiger partial charge in [0.25, 0.3) is 0 Å². The number of rotatable bonds is 4. The Labute approximate surface area is 169 Å². The molecule has 30 heavy (non-hydrogen) atoms. The van der Waals surface area contributed by atoms with Gasteiger partial charge in [0.15, 0.2) is 5.82 Å². The first-order chi connectivity index (χ1) is 14.3. The zero-order valence-corrected chi connectivity index (χ0v) is 16.1. The van der Waals surface area contributed by atoms with E-state index >= 15 is 4.39 Å². The lowest BCUT2D eigenvalue weighted by Gasteiger charge is -2.40. The molecule has 1 fully saturated rings. The normalized spacial score (nSPS) is 22.8. The maximum atomic E-state index is 15.1. The molecule has 8 nitrogen and oxygen atoms in total. The van der Waals surface area contributed by atoms with Crippen molar-refractivity contribution in [3.8, 4) is 0 Å². The number of nitrogens with zero attached hydrogens (tertiary/aromatic N) is 6. The van der Waals surface area contributed by atoms with E-state index in [1.54, 1.807) is 22.1 Å². The number of halogens is 2. The molecule has 0 radical (unpaired) electrons. The Morgan fingerprint density at radius 2 is 2.03 bits per heavy atom. The minimum atomic E-state index is -1.61. The maximum Gasteiger partial charge on any atom is 0.437 e. The highest BCUT2D eigenvalue weighted by Gasteiger charge is 2.48. The van der Waals surface area contributed by atoms with Crippen molar-refractivity contribution in [3.63, 3.8) is 0 Å². The molecule has 1 aliphatic carbocycles. The summed E-state index contributed by atoms with van der Waals surface area (Å²) in [6.45, 7) is 4.21. The van der Waals surface area contributed by atoms with Gasteiger partial charge < -0.3 is 13.9 Å². The zero-order chi connectivity index (χ0) is 21.0. The van der Waals surface area contributed by atoms with Gasteiger partial charge in [-0.15, -0.1) is 5.10 Å². The molecule has 2 aliphatic rings. The molecule has 10 heteroatoms. The molecule has 0 unspecified atom stereocenters. The smallest absolute Gasteiger partial charge is 0.390 e. The summed E-state index contributed by atoms with van der Waals surface area (Å²) < 4.78 is 36.4. The van der Waals surface area contributed by atoms with Gasteiger partial charge in [-0.3, -0.25) is 0 Å². The van der Waals surface area contributed by atoms with Crippen LogP contribution in [0.1, 0.15) is 36.0 Å². The number of hydrogen-bond donors (Lipinski definition) is 0. The first kappa shape index (κ1) is 18.5. The SMILES string of the molecule is C=C1c2c(ncn2C)N=CN1Cc1nn(C2CC(F)(c3ccc(F)cc3)C2)c(=O)o1. The van der Waals surface area contributed by atoms with Crippen LogP contribution in [-0.4, -0.2) is 30.6 Å². The third-order valence-electron chi connectivity index (χ3n) is 5.60. The second kappa shape index (κ2) is 6.48. The molecule has 0 saturated heterocycles. The molecule has 3 aromatic rings. The monoisotopic (exact) mass is 412 g/mol. The number of aliphatic imine (C=N–C) groups is 1. The predicted octanol–water partition coefficient (Wildman–Crippen LogP) is 3.06. The molecule has 3 heterocycles. The summed E-state index contributed by atoms with van der Waals surface area (Å²) in [6.07, 6.45) is 3.34. The lowest BCUT2D eigenvalue weighted by atomic mass is 9.73. The van der Waals surface area contributed by atoms with E-state index in [9.17, 15) is 9.18 Å². The van der Waals surface area contributed by atoms with Crippen LogP contribution in [0, 0.1) is 5.82 Å². The minimum absolute atomic E-state index is 0.0702. The molecule has 1 aliphatic heterocycles. The molecule has 5 rings (SSSR count). The van der Waals surface area contributed by atoms with Crippen LogP contribution in [0.25, 0.3) is 5.70 Å². The lowest BCUT2D eigenvalue weighted by molar-refractivity contribution is 0.00174. The molecule has 0 bridgehead atoms. The van der Waals surface area contributed by atoms with Crippen molar-refractivity contribution in [3.05, 3.63) is 70.7 Å². The molecule has 2 aromatic heterocycles. The third kappa shape index (κ3) is 2.87. The average molecular weight is 412 g/mol. The van der Waals surface area contributed by atoms with Crippen LogP contribution in [0.15, 0.2) is 51.4 Å². The van der Waals surface area contributed by atoms with Crippen molar-refractivity contribution in [2.24, 2.45) is 12.0 Å². The van der Waals surface area contributed by atoms with Crippen LogP contribution in [-0.2, 0) is 19.3 Å². The second-order valence-corrected chi connectivity index (χ2v) is 7.59. The Kier molecular flexibility index (Phi) is 3.99. The topological polar surface area (TPSA) is 81.5 Å². The number of aromatic nitrogens is 4. The fourth-order valence-corrected chi connectivity index (χ4v) is 3.93. The van der Waals surface area contributed by atoms with Gasteiger partial charge in [0.05, 0.1) is 24.4 Å². The van der Waals surface area contributed by atoms with Crippen molar-refractivity contribution >= 4 is 17.9 Å². The van der Waals surface area contributed by atoms with Crippen LogP contribution < -0.4 is 5.76 Å². The van der Waals surface area contributed by atoms with E-state index in [0.717, 1.165) is 5.69 Å². The fraction of sp³-hybridized carbons (Fsp3) is 0.300. The van der Waals surface area contributed by atoms with Crippen LogP contribution in [0.4, 0.5) is 14.6 Å². The zero-order valence-electron chi connectivity index (χ0n) is 16.1. The maximum absolute atomic E-state index is 15.1. The molecule has 0 N–H and O–H groups in total. The molecular weight excluding hydrogens is 394 g/mol. The van der Waals surface area contributed by atoms with Crippen LogP contribution >= 0.6 is 0 Å².